The highest BCUT2D eigenvalue weighted by Gasteiger charge is 2.34. The van der Waals surface area contributed by atoms with Crippen LogP contribution in [-0.4, -0.2) is 33.8 Å². The first-order chi connectivity index (χ1) is 19.3. The summed E-state index contributed by atoms with van der Waals surface area (Å²) in [4.78, 5) is 30.6. The van der Waals surface area contributed by atoms with Gasteiger partial charge in [0.2, 0.25) is 11.1 Å². The highest BCUT2D eigenvalue weighted by Crippen LogP contribution is 2.37. The molecule has 0 saturated carbocycles. The molecule has 0 saturated heterocycles. The van der Waals surface area contributed by atoms with Crippen LogP contribution < -0.4 is 10.6 Å². The topological polar surface area (TPSA) is 98.1 Å². The number of amides is 1. The smallest absolute Gasteiger partial charge is 0.337 e. The minimum atomic E-state index is -0.588. The summed E-state index contributed by atoms with van der Waals surface area (Å²) >= 11 is 7.80. The molecule has 1 aromatic heterocycles. The molecule has 0 bridgehead atoms. The fourth-order valence-electron chi connectivity index (χ4n) is 4.55. The number of nitrogens with one attached hydrogen (secondary N) is 2. The van der Waals surface area contributed by atoms with Gasteiger partial charge in [-0.1, -0.05) is 65.8 Å². The summed E-state index contributed by atoms with van der Waals surface area (Å²) in [6, 6.07) is 19.9. The van der Waals surface area contributed by atoms with E-state index in [1.165, 1.54) is 18.9 Å². The van der Waals surface area contributed by atoms with E-state index in [1.54, 1.807) is 16.8 Å². The fraction of sp³-hybridized carbons (Fsp3) is 0.200. The summed E-state index contributed by atoms with van der Waals surface area (Å²) in [5.74, 6) is 0.418. The first-order valence-corrected chi connectivity index (χ1v) is 14.0. The second-order valence-corrected chi connectivity index (χ2v) is 10.8. The van der Waals surface area contributed by atoms with E-state index in [-0.39, 0.29) is 5.91 Å². The van der Waals surface area contributed by atoms with Crippen molar-refractivity contribution in [1.82, 2.24) is 14.8 Å². The molecule has 0 aliphatic carbocycles. The summed E-state index contributed by atoms with van der Waals surface area (Å²) < 4.78 is 6.57. The summed E-state index contributed by atoms with van der Waals surface area (Å²) in [6.45, 7) is 5.84. The molecule has 10 heteroatoms. The minimum absolute atomic E-state index is 0.257. The number of methoxy groups -OCH3 is 1. The predicted octanol–water partition coefficient (Wildman–Crippen LogP) is 6.55. The standard InChI is InChI=1S/C30H28ClN5O3S/c1-17-8-7-11-24(18(17)2)33-27(37)25-19(3)32-29-34-30(40-16-22-9-5-6-10-23(22)31)35-36(29)26(25)20-12-14-21(15-13-20)28(38)39-4/h5-15,26H,16H2,1-4H3,(H,33,37)(H,32,34,35). The van der Waals surface area contributed by atoms with Crippen LogP contribution in [0.4, 0.5) is 11.6 Å². The van der Waals surface area contributed by atoms with Crippen molar-refractivity contribution in [2.45, 2.75) is 37.7 Å². The van der Waals surface area contributed by atoms with Crippen molar-refractivity contribution < 1.29 is 14.3 Å². The number of carbonyl (C=O) groups is 2. The number of thioether (sulfide) groups is 1. The Balaban J connectivity index is 1.52. The van der Waals surface area contributed by atoms with E-state index in [0.29, 0.717) is 38.7 Å². The average Bonchev–Trinajstić information content (AvgIpc) is 3.36. The molecule has 0 fully saturated rings. The zero-order chi connectivity index (χ0) is 28.4. The van der Waals surface area contributed by atoms with Gasteiger partial charge in [0, 0.05) is 22.2 Å². The summed E-state index contributed by atoms with van der Waals surface area (Å²) in [5.41, 5.74) is 6.14. The summed E-state index contributed by atoms with van der Waals surface area (Å²) in [5, 5.41) is 12.4. The van der Waals surface area contributed by atoms with Crippen molar-refractivity contribution >= 4 is 46.9 Å². The molecule has 1 unspecified atom stereocenters. The number of nitrogens with zero attached hydrogens (tertiary/aromatic N) is 3. The van der Waals surface area contributed by atoms with E-state index in [0.717, 1.165) is 27.9 Å². The maximum absolute atomic E-state index is 13.8. The van der Waals surface area contributed by atoms with Crippen molar-refractivity contribution in [2.75, 3.05) is 17.7 Å². The highest BCUT2D eigenvalue weighted by atomic mass is 35.5. The fourth-order valence-corrected chi connectivity index (χ4v) is 5.66. The van der Waals surface area contributed by atoms with E-state index in [1.807, 2.05) is 75.4 Å². The Morgan fingerprint density at radius 2 is 1.80 bits per heavy atom. The van der Waals surface area contributed by atoms with Crippen molar-refractivity contribution in [3.8, 4) is 0 Å². The molecule has 2 N–H and O–H groups in total. The van der Waals surface area contributed by atoms with Crippen molar-refractivity contribution in [1.29, 1.82) is 0 Å². The van der Waals surface area contributed by atoms with Gasteiger partial charge in [0.1, 0.15) is 6.04 Å². The molecule has 1 aliphatic rings. The van der Waals surface area contributed by atoms with Crippen LogP contribution in [0.1, 0.15) is 45.6 Å². The zero-order valence-electron chi connectivity index (χ0n) is 22.5. The number of carbonyl (C=O) groups excluding carboxylic acids is 2. The van der Waals surface area contributed by atoms with Crippen LogP contribution in [0.2, 0.25) is 5.02 Å². The molecule has 1 amide bonds. The Kier molecular flexibility index (Phi) is 7.95. The molecule has 2 heterocycles. The number of hydrogen-bond donors (Lipinski definition) is 2. The van der Waals surface area contributed by atoms with E-state index < -0.39 is 12.0 Å². The molecule has 40 heavy (non-hydrogen) atoms. The number of halogens is 1. The van der Waals surface area contributed by atoms with Gasteiger partial charge in [0.15, 0.2) is 0 Å². The summed E-state index contributed by atoms with van der Waals surface area (Å²) in [6.07, 6.45) is 0. The van der Waals surface area contributed by atoms with Gasteiger partial charge in [-0.2, -0.15) is 4.98 Å². The number of rotatable bonds is 7. The monoisotopic (exact) mass is 573 g/mol. The highest BCUT2D eigenvalue weighted by molar-refractivity contribution is 7.98. The lowest BCUT2D eigenvalue weighted by Crippen LogP contribution is -2.31. The Hall–Kier alpha value is -4.08. The number of hydrogen-bond acceptors (Lipinski definition) is 7. The number of aryl methyl sites for hydroxylation is 1. The predicted molar refractivity (Wildman–Crippen MR) is 158 cm³/mol. The lowest BCUT2D eigenvalue weighted by molar-refractivity contribution is -0.113. The maximum atomic E-state index is 13.8. The third-order valence-electron chi connectivity index (χ3n) is 6.89. The SMILES string of the molecule is COC(=O)c1ccc(C2C(C(=O)Nc3cccc(C)c3C)=C(C)Nc3nc(SCc4ccccc4Cl)nn32)cc1. The largest absolute Gasteiger partial charge is 0.465 e. The number of ether oxygens (including phenoxy) is 1. The number of benzene rings is 3. The van der Waals surface area contributed by atoms with Crippen molar-refractivity contribution in [3.05, 3.63) is 111 Å². The summed E-state index contributed by atoms with van der Waals surface area (Å²) in [7, 11) is 1.34. The maximum Gasteiger partial charge on any atom is 0.337 e. The minimum Gasteiger partial charge on any atom is -0.465 e. The molecule has 5 rings (SSSR count). The van der Waals surface area contributed by atoms with Gasteiger partial charge in [-0.15, -0.1) is 5.10 Å². The molecule has 1 atom stereocenters. The van der Waals surface area contributed by atoms with Crippen LogP contribution in [0.25, 0.3) is 0 Å². The average molecular weight is 574 g/mol. The molecule has 8 nitrogen and oxygen atoms in total. The van der Waals surface area contributed by atoms with Gasteiger partial charge in [0.05, 0.1) is 18.2 Å². The Morgan fingerprint density at radius 3 is 2.52 bits per heavy atom. The second-order valence-electron chi connectivity index (χ2n) is 9.42. The van der Waals surface area contributed by atoms with Crippen LogP contribution >= 0.6 is 23.4 Å². The van der Waals surface area contributed by atoms with Gasteiger partial charge in [0.25, 0.3) is 5.91 Å². The molecule has 1 aliphatic heterocycles. The third kappa shape index (κ3) is 5.48. The van der Waals surface area contributed by atoms with Gasteiger partial charge in [-0.05, 0) is 67.3 Å². The lowest BCUT2D eigenvalue weighted by atomic mass is 9.94. The molecule has 204 valence electrons. The lowest BCUT2D eigenvalue weighted by Gasteiger charge is -2.29. The van der Waals surface area contributed by atoms with Crippen LogP contribution in [0, 0.1) is 13.8 Å². The zero-order valence-corrected chi connectivity index (χ0v) is 24.1. The van der Waals surface area contributed by atoms with Gasteiger partial charge >= 0.3 is 5.97 Å². The molecular weight excluding hydrogens is 546 g/mol. The van der Waals surface area contributed by atoms with Crippen molar-refractivity contribution in [3.63, 3.8) is 0 Å². The Labute approximate surface area is 241 Å². The molecule has 0 radical (unpaired) electrons. The molecule has 4 aromatic rings. The Morgan fingerprint density at radius 1 is 1.05 bits per heavy atom. The first-order valence-electron chi connectivity index (χ1n) is 12.6. The molecule has 3 aromatic carbocycles. The van der Waals surface area contributed by atoms with E-state index >= 15 is 0 Å². The van der Waals surface area contributed by atoms with E-state index in [2.05, 4.69) is 10.6 Å². The van der Waals surface area contributed by atoms with Crippen molar-refractivity contribution in [2.24, 2.45) is 0 Å². The number of esters is 1. The normalized spacial score (nSPS) is 14.4. The first kappa shape index (κ1) is 27.5. The van der Waals surface area contributed by atoms with Gasteiger partial charge in [-0.25, -0.2) is 9.48 Å². The number of aromatic nitrogens is 3. The molecular formula is C30H28ClN5O3S. The Bertz CT molecular complexity index is 1630. The molecule has 0 spiro atoms. The van der Waals surface area contributed by atoms with Gasteiger partial charge < -0.3 is 15.4 Å². The quantitative estimate of drug-likeness (QED) is 0.191. The van der Waals surface area contributed by atoms with Crippen LogP contribution in [0.15, 0.2) is 83.2 Å². The van der Waals surface area contributed by atoms with Crippen LogP contribution in [-0.2, 0) is 15.3 Å². The van der Waals surface area contributed by atoms with Gasteiger partial charge in [-0.3, -0.25) is 4.79 Å². The number of anilines is 2. The second kappa shape index (κ2) is 11.6. The number of fused-ring (bicyclic) bond motifs is 1. The number of allylic oxidation sites excluding steroid dienone is 1. The van der Waals surface area contributed by atoms with E-state index in [9.17, 15) is 9.59 Å². The third-order valence-corrected chi connectivity index (χ3v) is 8.15. The van der Waals surface area contributed by atoms with E-state index in [4.69, 9.17) is 26.4 Å². The van der Waals surface area contributed by atoms with Crippen LogP contribution in [0.5, 0.6) is 0 Å². The van der Waals surface area contributed by atoms with Crippen LogP contribution in [0.3, 0.4) is 0 Å².